The van der Waals surface area contributed by atoms with Gasteiger partial charge in [0.2, 0.25) is 11.8 Å². The summed E-state index contributed by atoms with van der Waals surface area (Å²) in [6.07, 6.45) is 0.0847. The largest absolute Gasteiger partial charge is 0.488 e. The number of imide groups is 2. The zero-order valence-corrected chi connectivity index (χ0v) is 17.2. The Hall–Kier alpha value is -3.75. The fourth-order valence-electron chi connectivity index (χ4n) is 3.72. The van der Waals surface area contributed by atoms with E-state index in [1.54, 1.807) is 42.5 Å². The van der Waals surface area contributed by atoms with Crippen LogP contribution in [0.2, 0.25) is 0 Å². The summed E-state index contributed by atoms with van der Waals surface area (Å²) in [6.45, 7) is 0.0568. The summed E-state index contributed by atoms with van der Waals surface area (Å²) in [6, 6.07) is 23.3. The van der Waals surface area contributed by atoms with E-state index in [4.69, 9.17) is 0 Å². The fourth-order valence-corrected chi connectivity index (χ4v) is 3.72. The standard InChI is InChI=1S/C24H21BN2O5/c28-22-21(15-17-11-13-19(14-12-17)25(31)32)23(29)27(20-9-5-2-6-10-20)24(30)26(22)16-18-7-3-1-4-8-18/h1-14,21,31-32H,15-16H2. The van der Waals surface area contributed by atoms with Gasteiger partial charge in [-0.1, -0.05) is 72.8 Å². The summed E-state index contributed by atoms with van der Waals surface area (Å²) in [5.74, 6) is -2.22. The van der Waals surface area contributed by atoms with Crippen molar-refractivity contribution in [1.29, 1.82) is 0 Å². The normalized spacial score (nSPS) is 16.4. The van der Waals surface area contributed by atoms with Crippen LogP contribution < -0.4 is 10.4 Å². The lowest BCUT2D eigenvalue weighted by Crippen LogP contribution is -2.60. The average Bonchev–Trinajstić information content (AvgIpc) is 2.81. The average molecular weight is 428 g/mol. The molecular formula is C24H21BN2O5. The molecule has 160 valence electrons. The third kappa shape index (κ3) is 4.32. The van der Waals surface area contributed by atoms with Gasteiger partial charge in [0.05, 0.1) is 12.2 Å². The van der Waals surface area contributed by atoms with E-state index in [1.165, 1.54) is 12.1 Å². The maximum absolute atomic E-state index is 13.3. The molecule has 2 N–H and O–H groups in total. The van der Waals surface area contributed by atoms with Crippen molar-refractivity contribution in [3.05, 3.63) is 96.1 Å². The zero-order valence-electron chi connectivity index (χ0n) is 17.2. The molecule has 1 saturated heterocycles. The highest BCUT2D eigenvalue weighted by atomic mass is 16.4. The molecule has 0 spiro atoms. The van der Waals surface area contributed by atoms with E-state index in [-0.39, 0.29) is 13.0 Å². The Morgan fingerprint density at radius 1 is 0.719 bits per heavy atom. The van der Waals surface area contributed by atoms with Crippen molar-refractivity contribution in [3.63, 3.8) is 0 Å². The molecule has 1 atom stereocenters. The van der Waals surface area contributed by atoms with Crippen molar-refractivity contribution < 1.29 is 24.4 Å². The minimum absolute atomic E-state index is 0.0568. The van der Waals surface area contributed by atoms with Crippen LogP contribution in [0.4, 0.5) is 10.5 Å². The molecule has 4 rings (SSSR count). The second-order valence-corrected chi connectivity index (χ2v) is 7.57. The van der Waals surface area contributed by atoms with Crippen LogP contribution >= 0.6 is 0 Å². The maximum Gasteiger partial charge on any atom is 0.488 e. The molecule has 0 saturated carbocycles. The van der Waals surface area contributed by atoms with Gasteiger partial charge in [0.15, 0.2) is 0 Å². The van der Waals surface area contributed by atoms with Crippen molar-refractivity contribution in [1.82, 2.24) is 4.90 Å². The Bertz CT molecular complexity index is 1120. The Morgan fingerprint density at radius 3 is 1.91 bits per heavy atom. The predicted octanol–water partition coefficient (Wildman–Crippen LogP) is 1.72. The topological polar surface area (TPSA) is 98.1 Å². The van der Waals surface area contributed by atoms with Gasteiger partial charge < -0.3 is 10.0 Å². The van der Waals surface area contributed by atoms with Gasteiger partial charge in [-0.2, -0.15) is 0 Å². The lowest BCUT2D eigenvalue weighted by Gasteiger charge is -2.37. The maximum atomic E-state index is 13.3. The third-order valence-corrected chi connectivity index (χ3v) is 5.42. The SMILES string of the molecule is O=C1C(Cc2ccc(B(O)O)cc2)C(=O)N(c2ccccc2)C(=O)N1Cc1ccccc1. The molecule has 3 aromatic rings. The van der Waals surface area contributed by atoms with Crippen molar-refractivity contribution >= 4 is 36.1 Å². The van der Waals surface area contributed by atoms with Crippen molar-refractivity contribution in [2.24, 2.45) is 5.92 Å². The molecule has 1 unspecified atom stereocenters. The Kier molecular flexibility index (Phi) is 6.16. The summed E-state index contributed by atoms with van der Waals surface area (Å²) in [5.41, 5.74) is 2.15. The van der Waals surface area contributed by atoms with Crippen molar-refractivity contribution in [2.45, 2.75) is 13.0 Å². The lowest BCUT2D eigenvalue weighted by atomic mass is 9.79. The Morgan fingerprint density at radius 2 is 1.31 bits per heavy atom. The van der Waals surface area contributed by atoms with Gasteiger partial charge in [-0.3, -0.25) is 14.5 Å². The third-order valence-electron chi connectivity index (χ3n) is 5.42. The minimum Gasteiger partial charge on any atom is -0.423 e. The fraction of sp³-hybridized carbons (Fsp3) is 0.125. The summed E-state index contributed by atoms with van der Waals surface area (Å²) in [5, 5.41) is 18.6. The number of para-hydroxylation sites is 1. The molecule has 8 heteroatoms. The first kappa shape index (κ1) is 21.5. The van der Waals surface area contributed by atoms with E-state index in [9.17, 15) is 24.4 Å². The van der Waals surface area contributed by atoms with Gasteiger partial charge in [-0.25, -0.2) is 9.69 Å². The first-order chi connectivity index (χ1) is 15.5. The quantitative estimate of drug-likeness (QED) is 0.460. The van der Waals surface area contributed by atoms with E-state index in [0.717, 1.165) is 15.4 Å². The van der Waals surface area contributed by atoms with E-state index < -0.39 is 30.9 Å². The lowest BCUT2D eigenvalue weighted by molar-refractivity contribution is -0.141. The predicted molar refractivity (Wildman–Crippen MR) is 120 cm³/mol. The molecular weight excluding hydrogens is 407 g/mol. The van der Waals surface area contributed by atoms with E-state index in [2.05, 4.69) is 0 Å². The van der Waals surface area contributed by atoms with Gasteiger partial charge in [0.25, 0.3) is 0 Å². The van der Waals surface area contributed by atoms with E-state index >= 15 is 0 Å². The molecule has 7 nitrogen and oxygen atoms in total. The number of carbonyl (C=O) groups is 3. The molecule has 0 radical (unpaired) electrons. The molecule has 0 aliphatic carbocycles. The first-order valence-electron chi connectivity index (χ1n) is 10.2. The van der Waals surface area contributed by atoms with Crippen molar-refractivity contribution in [3.8, 4) is 0 Å². The number of anilines is 1. The highest BCUT2D eigenvalue weighted by Crippen LogP contribution is 2.28. The first-order valence-corrected chi connectivity index (χ1v) is 10.2. The van der Waals surface area contributed by atoms with Crippen LogP contribution in [-0.2, 0) is 22.6 Å². The molecule has 1 heterocycles. The van der Waals surface area contributed by atoms with Crippen molar-refractivity contribution in [2.75, 3.05) is 4.90 Å². The van der Waals surface area contributed by atoms with E-state index in [0.29, 0.717) is 16.7 Å². The number of hydrogen-bond donors (Lipinski definition) is 2. The smallest absolute Gasteiger partial charge is 0.423 e. The molecule has 3 aromatic carbocycles. The van der Waals surface area contributed by atoms with Crippen LogP contribution in [0.25, 0.3) is 0 Å². The van der Waals surface area contributed by atoms with Gasteiger partial charge in [0, 0.05) is 0 Å². The number of amides is 4. The summed E-state index contributed by atoms with van der Waals surface area (Å²) < 4.78 is 0. The van der Waals surface area contributed by atoms with Crippen LogP contribution in [0.5, 0.6) is 0 Å². The van der Waals surface area contributed by atoms with Crippen LogP contribution in [0.3, 0.4) is 0 Å². The molecule has 1 aliphatic heterocycles. The highest BCUT2D eigenvalue weighted by molar-refractivity contribution is 6.58. The molecule has 1 fully saturated rings. The van der Waals surface area contributed by atoms with E-state index in [1.807, 2.05) is 30.3 Å². The second-order valence-electron chi connectivity index (χ2n) is 7.57. The zero-order chi connectivity index (χ0) is 22.7. The molecule has 0 bridgehead atoms. The Labute approximate surface area is 185 Å². The monoisotopic (exact) mass is 428 g/mol. The number of carbonyl (C=O) groups excluding carboxylic acids is 3. The number of benzene rings is 3. The number of barbiturate groups is 1. The molecule has 32 heavy (non-hydrogen) atoms. The van der Waals surface area contributed by atoms with Crippen LogP contribution in [0.15, 0.2) is 84.9 Å². The van der Waals surface area contributed by atoms with Crippen LogP contribution in [0, 0.1) is 5.92 Å². The van der Waals surface area contributed by atoms with Gasteiger partial charge in [-0.05, 0) is 35.1 Å². The second kappa shape index (κ2) is 9.17. The molecule has 0 aromatic heterocycles. The van der Waals surface area contributed by atoms with Crippen LogP contribution in [-0.4, -0.2) is 39.9 Å². The number of rotatable bonds is 6. The molecule has 1 aliphatic rings. The number of urea groups is 1. The summed E-state index contributed by atoms with van der Waals surface area (Å²) >= 11 is 0. The highest BCUT2D eigenvalue weighted by Gasteiger charge is 2.46. The van der Waals surface area contributed by atoms with Gasteiger partial charge in [0.1, 0.15) is 5.92 Å². The number of hydrogen-bond acceptors (Lipinski definition) is 5. The van der Waals surface area contributed by atoms with Gasteiger partial charge in [-0.15, -0.1) is 0 Å². The van der Waals surface area contributed by atoms with Gasteiger partial charge >= 0.3 is 13.1 Å². The Balaban J connectivity index is 1.68. The van der Waals surface area contributed by atoms with Crippen LogP contribution in [0.1, 0.15) is 11.1 Å². The summed E-state index contributed by atoms with van der Waals surface area (Å²) in [4.78, 5) is 42.0. The minimum atomic E-state index is -1.60. The molecule has 4 amide bonds. The number of nitrogens with zero attached hydrogens (tertiary/aromatic N) is 2. The summed E-state index contributed by atoms with van der Waals surface area (Å²) in [7, 11) is -1.60.